The zero-order valence-corrected chi connectivity index (χ0v) is 20.5. The minimum absolute atomic E-state index is 0.236. The van der Waals surface area contributed by atoms with E-state index >= 15 is 0 Å². The first-order chi connectivity index (χ1) is 17.5. The van der Waals surface area contributed by atoms with Crippen LogP contribution >= 0.6 is 0 Å². The number of anilines is 2. The number of nitrogens with one attached hydrogen (secondary N) is 2. The van der Waals surface area contributed by atoms with Gasteiger partial charge >= 0.3 is 0 Å². The number of aryl methyl sites for hydroxylation is 1. The average molecular weight is 493 g/mol. The number of nitrogens with zero attached hydrogens (tertiary/aromatic N) is 4. The summed E-state index contributed by atoms with van der Waals surface area (Å²) >= 11 is 0. The Morgan fingerprint density at radius 3 is 2.61 bits per heavy atom. The standard InChI is InChI=1S/C25H28N6O5/c1-15-18-13-17(33-2)14-21(34-3)22(18)28-24(26-15)30-25-27-20-5-4-16(12-19(20)23(32)29-25)36-11-8-31-6-9-35-10-7-31/h4-5,12-14H,6-11H2,1-3H3,(H2,26,27,28,29,30,32). The van der Waals surface area contributed by atoms with E-state index in [1.165, 1.54) is 0 Å². The van der Waals surface area contributed by atoms with Crippen LogP contribution in [0.5, 0.6) is 17.2 Å². The summed E-state index contributed by atoms with van der Waals surface area (Å²) in [6.45, 7) is 6.51. The summed E-state index contributed by atoms with van der Waals surface area (Å²) in [4.78, 5) is 31.5. The minimum atomic E-state index is -0.291. The molecule has 0 radical (unpaired) electrons. The Bertz CT molecular complexity index is 1450. The van der Waals surface area contributed by atoms with Crippen LogP contribution in [-0.4, -0.2) is 78.5 Å². The summed E-state index contributed by atoms with van der Waals surface area (Å²) in [5, 5.41) is 4.25. The van der Waals surface area contributed by atoms with Gasteiger partial charge in [-0.05, 0) is 31.2 Å². The zero-order valence-electron chi connectivity index (χ0n) is 20.5. The van der Waals surface area contributed by atoms with Gasteiger partial charge in [-0.25, -0.2) is 15.0 Å². The fourth-order valence-corrected chi connectivity index (χ4v) is 4.14. The maximum Gasteiger partial charge on any atom is 0.260 e. The predicted molar refractivity (Wildman–Crippen MR) is 136 cm³/mol. The molecule has 188 valence electrons. The summed E-state index contributed by atoms with van der Waals surface area (Å²) in [6.07, 6.45) is 0. The van der Waals surface area contributed by atoms with Gasteiger partial charge in [0.2, 0.25) is 11.9 Å². The second-order valence-corrected chi connectivity index (χ2v) is 8.38. The van der Waals surface area contributed by atoms with Crippen molar-refractivity contribution < 1.29 is 18.9 Å². The molecule has 2 aromatic carbocycles. The number of ether oxygens (including phenoxy) is 4. The Balaban J connectivity index is 1.36. The van der Waals surface area contributed by atoms with Crippen molar-refractivity contribution in [2.24, 2.45) is 0 Å². The first-order valence-electron chi connectivity index (χ1n) is 11.7. The van der Waals surface area contributed by atoms with Crippen LogP contribution in [-0.2, 0) is 4.74 Å². The van der Waals surface area contributed by atoms with Crippen LogP contribution in [0.4, 0.5) is 11.9 Å². The number of aromatic nitrogens is 4. The van der Waals surface area contributed by atoms with E-state index in [2.05, 4.69) is 30.2 Å². The van der Waals surface area contributed by atoms with Gasteiger partial charge in [0.15, 0.2) is 0 Å². The number of benzene rings is 2. The van der Waals surface area contributed by atoms with Crippen molar-refractivity contribution in [1.29, 1.82) is 0 Å². The van der Waals surface area contributed by atoms with E-state index in [4.69, 9.17) is 18.9 Å². The number of aromatic amines is 1. The highest BCUT2D eigenvalue weighted by Crippen LogP contribution is 2.32. The molecule has 11 heteroatoms. The first-order valence-corrected chi connectivity index (χ1v) is 11.7. The molecule has 36 heavy (non-hydrogen) atoms. The molecule has 0 bridgehead atoms. The molecule has 0 atom stereocenters. The van der Waals surface area contributed by atoms with E-state index < -0.39 is 0 Å². The van der Waals surface area contributed by atoms with Crippen molar-refractivity contribution in [1.82, 2.24) is 24.8 Å². The van der Waals surface area contributed by atoms with Crippen LogP contribution in [0.3, 0.4) is 0 Å². The summed E-state index contributed by atoms with van der Waals surface area (Å²) in [6, 6.07) is 8.90. The summed E-state index contributed by atoms with van der Waals surface area (Å²) in [7, 11) is 3.16. The van der Waals surface area contributed by atoms with Gasteiger partial charge in [0.05, 0.1) is 44.0 Å². The van der Waals surface area contributed by atoms with Gasteiger partial charge in [-0.15, -0.1) is 0 Å². The second kappa shape index (κ2) is 10.3. The lowest BCUT2D eigenvalue weighted by Crippen LogP contribution is -2.38. The molecule has 0 saturated carbocycles. The van der Waals surface area contributed by atoms with E-state index in [1.54, 1.807) is 32.4 Å². The molecular weight excluding hydrogens is 464 g/mol. The lowest BCUT2D eigenvalue weighted by Gasteiger charge is -2.26. The number of hydrogen-bond donors (Lipinski definition) is 2. The van der Waals surface area contributed by atoms with Crippen molar-refractivity contribution in [3.05, 3.63) is 46.4 Å². The molecule has 0 spiro atoms. The molecule has 3 heterocycles. The van der Waals surface area contributed by atoms with E-state index in [0.717, 1.165) is 43.9 Å². The van der Waals surface area contributed by atoms with Crippen molar-refractivity contribution >= 4 is 33.7 Å². The van der Waals surface area contributed by atoms with Gasteiger partial charge in [0, 0.05) is 31.1 Å². The maximum absolute atomic E-state index is 12.8. The number of rotatable bonds is 8. The van der Waals surface area contributed by atoms with Crippen LogP contribution < -0.4 is 25.1 Å². The third-order valence-electron chi connectivity index (χ3n) is 6.07. The highest BCUT2D eigenvalue weighted by Gasteiger charge is 2.14. The van der Waals surface area contributed by atoms with Crippen molar-refractivity contribution in [3.63, 3.8) is 0 Å². The van der Waals surface area contributed by atoms with Gasteiger partial charge in [0.25, 0.3) is 5.56 Å². The van der Waals surface area contributed by atoms with Gasteiger partial charge in [0.1, 0.15) is 29.4 Å². The quantitative estimate of drug-likeness (QED) is 0.379. The Morgan fingerprint density at radius 1 is 1.03 bits per heavy atom. The normalized spacial score (nSPS) is 14.2. The first kappa shape index (κ1) is 23.8. The fraction of sp³-hybridized carbons (Fsp3) is 0.360. The van der Waals surface area contributed by atoms with E-state index in [0.29, 0.717) is 40.3 Å². The van der Waals surface area contributed by atoms with Crippen LogP contribution in [0.1, 0.15) is 5.69 Å². The van der Waals surface area contributed by atoms with Crippen molar-refractivity contribution in [3.8, 4) is 17.2 Å². The third kappa shape index (κ3) is 5.02. The molecule has 1 aliphatic heterocycles. The highest BCUT2D eigenvalue weighted by atomic mass is 16.5. The Hall–Kier alpha value is -3.96. The Labute approximate surface area is 207 Å². The number of fused-ring (bicyclic) bond motifs is 2. The molecule has 11 nitrogen and oxygen atoms in total. The topological polar surface area (TPSA) is 124 Å². The van der Waals surface area contributed by atoms with Crippen molar-refractivity contribution in [2.75, 3.05) is 59.0 Å². The second-order valence-electron chi connectivity index (χ2n) is 8.38. The molecule has 0 unspecified atom stereocenters. The van der Waals surface area contributed by atoms with E-state index in [9.17, 15) is 4.79 Å². The van der Waals surface area contributed by atoms with E-state index in [1.807, 2.05) is 19.1 Å². The van der Waals surface area contributed by atoms with Crippen LogP contribution in [0.2, 0.25) is 0 Å². The third-order valence-corrected chi connectivity index (χ3v) is 6.07. The zero-order chi connectivity index (χ0) is 25.1. The molecule has 1 fully saturated rings. The molecule has 1 aliphatic rings. The average Bonchev–Trinajstić information content (AvgIpc) is 2.89. The molecule has 2 N–H and O–H groups in total. The minimum Gasteiger partial charge on any atom is -0.497 e. The van der Waals surface area contributed by atoms with Crippen molar-refractivity contribution in [2.45, 2.75) is 6.92 Å². The molecule has 0 amide bonds. The Morgan fingerprint density at radius 2 is 1.83 bits per heavy atom. The van der Waals surface area contributed by atoms with Gasteiger partial charge in [-0.3, -0.25) is 20.0 Å². The lowest BCUT2D eigenvalue weighted by atomic mass is 10.1. The summed E-state index contributed by atoms with van der Waals surface area (Å²) in [5.41, 5.74) is 1.58. The molecule has 0 aliphatic carbocycles. The number of H-pyrrole nitrogens is 1. The molecular formula is C25H28N6O5. The number of hydrogen-bond acceptors (Lipinski definition) is 10. The van der Waals surface area contributed by atoms with Gasteiger partial charge in [-0.2, -0.15) is 0 Å². The van der Waals surface area contributed by atoms with Crippen LogP contribution in [0.25, 0.3) is 21.8 Å². The molecule has 2 aromatic heterocycles. The van der Waals surface area contributed by atoms with Crippen LogP contribution in [0, 0.1) is 6.92 Å². The number of morpholine rings is 1. The summed E-state index contributed by atoms with van der Waals surface area (Å²) in [5.74, 6) is 2.35. The van der Waals surface area contributed by atoms with Gasteiger partial charge < -0.3 is 18.9 Å². The smallest absolute Gasteiger partial charge is 0.260 e. The largest absolute Gasteiger partial charge is 0.497 e. The van der Waals surface area contributed by atoms with Gasteiger partial charge in [-0.1, -0.05) is 0 Å². The monoisotopic (exact) mass is 492 g/mol. The Kier molecular flexibility index (Phi) is 6.83. The number of methoxy groups -OCH3 is 2. The fourth-order valence-electron chi connectivity index (χ4n) is 4.14. The van der Waals surface area contributed by atoms with E-state index in [-0.39, 0.29) is 17.5 Å². The molecule has 4 aromatic rings. The SMILES string of the molecule is COc1cc(OC)c2nc(Nc3nc4ccc(OCCN5CCOCC5)cc4c(=O)[nH]3)nc(C)c2c1. The predicted octanol–water partition coefficient (Wildman–Crippen LogP) is 2.65. The molecule has 5 rings (SSSR count). The molecule has 1 saturated heterocycles. The highest BCUT2D eigenvalue weighted by molar-refractivity contribution is 5.89. The maximum atomic E-state index is 12.8. The summed E-state index contributed by atoms with van der Waals surface area (Å²) < 4.78 is 22.1. The lowest BCUT2D eigenvalue weighted by molar-refractivity contribution is 0.0322. The van der Waals surface area contributed by atoms with Crippen LogP contribution in [0.15, 0.2) is 35.1 Å².